The first kappa shape index (κ1) is 26.9. The van der Waals surface area contributed by atoms with Gasteiger partial charge in [-0.25, -0.2) is 0 Å². The molecular formula is C44H29N3O. The van der Waals surface area contributed by atoms with Gasteiger partial charge < -0.3 is 13.6 Å². The van der Waals surface area contributed by atoms with Crippen LogP contribution in [0, 0.1) is 17.2 Å². The topological polar surface area (TPSA) is 46.8 Å². The average molecular weight is 616 g/mol. The van der Waals surface area contributed by atoms with Crippen LogP contribution in [-0.2, 0) is 6.42 Å². The Bertz CT molecular complexity index is 2850. The molecule has 3 aromatic heterocycles. The second kappa shape index (κ2) is 10.1. The summed E-state index contributed by atoms with van der Waals surface area (Å²) >= 11 is 0. The first-order valence-corrected chi connectivity index (χ1v) is 16.5. The van der Waals surface area contributed by atoms with Crippen molar-refractivity contribution in [3.8, 4) is 28.6 Å². The Hall–Kier alpha value is -6.31. The summed E-state index contributed by atoms with van der Waals surface area (Å²) in [6.45, 7) is 2.28. The van der Waals surface area contributed by atoms with E-state index in [2.05, 4.69) is 150 Å². The molecule has 3 heterocycles. The minimum Gasteiger partial charge on any atom is -0.456 e. The lowest BCUT2D eigenvalue weighted by Gasteiger charge is -2.18. The molecule has 0 bridgehead atoms. The van der Waals surface area contributed by atoms with Crippen LogP contribution in [-0.4, -0.2) is 9.13 Å². The summed E-state index contributed by atoms with van der Waals surface area (Å²) in [7, 11) is 0. The maximum absolute atomic E-state index is 10.7. The van der Waals surface area contributed by atoms with E-state index in [0.29, 0.717) is 11.5 Å². The summed E-state index contributed by atoms with van der Waals surface area (Å²) in [5.41, 5.74) is 12.4. The van der Waals surface area contributed by atoms with Gasteiger partial charge in [0.2, 0.25) is 0 Å². The first-order valence-electron chi connectivity index (χ1n) is 16.5. The maximum Gasteiger partial charge on any atom is 0.136 e. The Kier molecular flexibility index (Phi) is 5.65. The molecule has 1 aliphatic rings. The Morgan fingerprint density at radius 1 is 0.646 bits per heavy atom. The molecule has 0 amide bonds. The molecule has 6 aromatic carbocycles. The molecule has 1 unspecified atom stereocenters. The predicted molar refractivity (Wildman–Crippen MR) is 197 cm³/mol. The Morgan fingerprint density at radius 2 is 1.38 bits per heavy atom. The molecule has 1 aliphatic carbocycles. The van der Waals surface area contributed by atoms with Crippen molar-refractivity contribution in [2.45, 2.75) is 13.3 Å². The third-order valence-corrected chi connectivity index (χ3v) is 10.1. The summed E-state index contributed by atoms with van der Waals surface area (Å²) in [5, 5.41) is 16.5. The molecule has 0 saturated heterocycles. The van der Waals surface area contributed by atoms with Gasteiger partial charge in [0.05, 0.1) is 33.5 Å². The first-order chi connectivity index (χ1) is 23.7. The van der Waals surface area contributed by atoms with Crippen molar-refractivity contribution in [1.82, 2.24) is 9.13 Å². The number of rotatable bonds is 3. The molecular weight excluding hydrogens is 587 g/mol. The molecule has 0 N–H and O–H groups in total. The number of nitriles is 1. The van der Waals surface area contributed by atoms with Crippen molar-refractivity contribution in [1.29, 1.82) is 5.26 Å². The lowest BCUT2D eigenvalue weighted by atomic mass is 9.93. The molecule has 0 spiro atoms. The van der Waals surface area contributed by atoms with Gasteiger partial charge in [-0.05, 0) is 78.1 Å². The molecule has 0 aliphatic heterocycles. The Balaban J connectivity index is 1.20. The van der Waals surface area contributed by atoms with Crippen LogP contribution in [0.5, 0.6) is 0 Å². The van der Waals surface area contributed by atoms with Crippen LogP contribution in [0.3, 0.4) is 0 Å². The average Bonchev–Trinajstić information content (AvgIpc) is 3.78. The molecule has 4 heteroatoms. The van der Waals surface area contributed by atoms with E-state index in [1.807, 2.05) is 12.1 Å². The highest BCUT2D eigenvalue weighted by Gasteiger charge is 2.23. The van der Waals surface area contributed by atoms with E-state index in [1.165, 1.54) is 22.2 Å². The van der Waals surface area contributed by atoms with Crippen LogP contribution < -0.4 is 0 Å². The molecule has 226 valence electrons. The van der Waals surface area contributed by atoms with Crippen molar-refractivity contribution >= 4 is 60.7 Å². The molecule has 10 rings (SSSR count). The largest absolute Gasteiger partial charge is 0.456 e. The van der Waals surface area contributed by atoms with E-state index < -0.39 is 0 Å². The van der Waals surface area contributed by atoms with Crippen LogP contribution in [0.15, 0.2) is 138 Å². The van der Waals surface area contributed by atoms with Crippen molar-refractivity contribution in [2.75, 3.05) is 0 Å². The minimum absolute atomic E-state index is 0.502. The second-order valence-corrected chi connectivity index (χ2v) is 12.9. The summed E-state index contributed by atoms with van der Waals surface area (Å²) in [4.78, 5) is 0. The molecule has 48 heavy (non-hydrogen) atoms. The van der Waals surface area contributed by atoms with Crippen LogP contribution in [0.1, 0.15) is 23.7 Å². The van der Waals surface area contributed by atoms with E-state index in [4.69, 9.17) is 4.42 Å². The number of benzene rings is 6. The zero-order chi connectivity index (χ0) is 31.9. The third-order valence-electron chi connectivity index (χ3n) is 10.1. The third kappa shape index (κ3) is 3.70. The van der Waals surface area contributed by atoms with Crippen molar-refractivity contribution in [3.63, 3.8) is 0 Å². The van der Waals surface area contributed by atoms with Crippen LogP contribution >= 0.6 is 0 Å². The fraction of sp³-hybridized carbons (Fsp3) is 0.0682. The molecule has 1 atom stereocenters. The van der Waals surface area contributed by atoms with Gasteiger partial charge in [-0.3, -0.25) is 0 Å². The lowest BCUT2D eigenvalue weighted by molar-refractivity contribution is 0.669. The van der Waals surface area contributed by atoms with E-state index in [-0.39, 0.29) is 0 Å². The number of para-hydroxylation sites is 4. The van der Waals surface area contributed by atoms with Crippen LogP contribution in [0.25, 0.3) is 83.2 Å². The van der Waals surface area contributed by atoms with Gasteiger partial charge >= 0.3 is 0 Å². The van der Waals surface area contributed by atoms with Gasteiger partial charge in [0, 0.05) is 38.2 Å². The molecule has 0 radical (unpaired) electrons. The van der Waals surface area contributed by atoms with Gasteiger partial charge in [-0.1, -0.05) is 91.9 Å². The second-order valence-electron chi connectivity index (χ2n) is 12.9. The number of hydrogen-bond acceptors (Lipinski definition) is 2. The fourth-order valence-corrected chi connectivity index (χ4v) is 8.06. The van der Waals surface area contributed by atoms with E-state index in [0.717, 1.165) is 72.7 Å². The smallest absolute Gasteiger partial charge is 0.136 e. The summed E-state index contributed by atoms with van der Waals surface area (Å²) in [6.07, 6.45) is 5.62. The van der Waals surface area contributed by atoms with Gasteiger partial charge in [0.1, 0.15) is 17.2 Å². The number of furan rings is 1. The van der Waals surface area contributed by atoms with Crippen molar-refractivity contribution in [2.24, 2.45) is 5.92 Å². The van der Waals surface area contributed by atoms with Gasteiger partial charge in [-0.2, -0.15) is 5.26 Å². The highest BCUT2D eigenvalue weighted by Crippen LogP contribution is 2.43. The number of aromatic nitrogens is 2. The summed E-state index contributed by atoms with van der Waals surface area (Å²) in [6, 6.07) is 47.0. The molecule has 4 nitrogen and oxygen atoms in total. The molecule has 0 fully saturated rings. The fourth-order valence-electron chi connectivity index (χ4n) is 8.06. The van der Waals surface area contributed by atoms with Gasteiger partial charge in [0.25, 0.3) is 0 Å². The normalized spacial score (nSPS) is 14.4. The van der Waals surface area contributed by atoms with E-state index >= 15 is 0 Å². The highest BCUT2D eigenvalue weighted by atomic mass is 16.3. The number of fused-ring (bicyclic) bond motifs is 10. The Morgan fingerprint density at radius 3 is 2.23 bits per heavy atom. The molecule has 9 aromatic rings. The van der Waals surface area contributed by atoms with E-state index in [9.17, 15) is 5.26 Å². The monoisotopic (exact) mass is 615 g/mol. The lowest BCUT2D eigenvalue weighted by Crippen LogP contribution is -2.06. The SMILES string of the molecule is CC1C=Cc2c(c3ccccc3n2-c2ccccc2-c2ccc(-n3c4ccccc4c4c5c(ccc43)oc3ccccc35)c(C#N)c2)C1. The summed E-state index contributed by atoms with van der Waals surface area (Å²) < 4.78 is 10.9. The van der Waals surface area contributed by atoms with E-state index in [1.54, 1.807) is 0 Å². The van der Waals surface area contributed by atoms with Crippen LogP contribution in [0.2, 0.25) is 0 Å². The number of nitrogens with zero attached hydrogens (tertiary/aromatic N) is 3. The predicted octanol–water partition coefficient (Wildman–Crippen LogP) is 11.4. The van der Waals surface area contributed by atoms with Crippen molar-refractivity contribution in [3.05, 3.63) is 150 Å². The zero-order valence-electron chi connectivity index (χ0n) is 26.3. The van der Waals surface area contributed by atoms with Gasteiger partial charge in [-0.15, -0.1) is 0 Å². The summed E-state index contributed by atoms with van der Waals surface area (Å²) in [5.74, 6) is 0.502. The number of allylic oxidation sites excluding steroid dienone is 1. The number of hydrogen-bond donors (Lipinski definition) is 0. The molecule has 0 saturated carbocycles. The Labute approximate surface area is 277 Å². The minimum atomic E-state index is 0.502. The van der Waals surface area contributed by atoms with Crippen molar-refractivity contribution < 1.29 is 4.42 Å². The zero-order valence-corrected chi connectivity index (χ0v) is 26.3. The highest BCUT2D eigenvalue weighted by molar-refractivity contribution is 6.27. The standard InChI is InChI=1S/C44H29N3O/c1-27-18-20-39-34(24-27)31-11-3-7-15-37(31)47(39)36-14-6-2-10-30(36)28-19-21-35(29(25-28)26-45)46-38-16-8-4-12-32(38)43-40(46)22-23-42-44(43)33-13-5-9-17-41(33)48-42/h2-23,25,27H,24H2,1H3. The quantitative estimate of drug-likeness (QED) is 0.198. The maximum atomic E-state index is 10.7. The van der Waals surface area contributed by atoms with Crippen LogP contribution in [0.4, 0.5) is 0 Å². The van der Waals surface area contributed by atoms with Gasteiger partial charge in [0.15, 0.2) is 0 Å².